The van der Waals surface area contributed by atoms with Crippen LogP contribution in [0, 0.1) is 19.8 Å². The van der Waals surface area contributed by atoms with Crippen molar-refractivity contribution in [3.05, 3.63) is 29.1 Å². The second kappa shape index (κ2) is 9.82. The number of anilines is 1. The lowest BCUT2D eigenvalue weighted by molar-refractivity contribution is -0.121. The first-order valence-electron chi connectivity index (χ1n) is 10.4. The molecule has 1 fully saturated rings. The number of morpholine rings is 1. The van der Waals surface area contributed by atoms with Crippen LogP contribution in [0.25, 0.3) is 5.82 Å². The van der Waals surface area contributed by atoms with Gasteiger partial charge < -0.3 is 15.0 Å². The molecule has 0 bridgehead atoms. The Hall–Kier alpha value is -2.48. The minimum Gasteiger partial charge on any atom is -0.378 e. The van der Waals surface area contributed by atoms with Crippen molar-refractivity contribution in [1.82, 2.24) is 25.3 Å². The van der Waals surface area contributed by atoms with Crippen LogP contribution >= 0.6 is 0 Å². The second-order valence-electron chi connectivity index (χ2n) is 7.94. The Morgan fingerprint density at radius 3 is 2.52 bits per heavy atom. The van der Waals surface area contributed by atoms with Crippen molar-refractivity contribution in [3.63, 3.8) is 0 Å². The Balaban J connectivity index is 1.63. The number of amides is 1. The topological polar surface area (TPSA) is 85.2 Å². The summed E-state index contributed by atoms with van der Waals surface area (Å²) < 4.78 is 7.20. The average molecular weight is 401 g/mol. The molecule has 0 aromatic carbocycles. The lowest BCUT2D eigenvalue weighted by atomic mass is 10.1. The molecule has 158 valence electrons. The van der Waals surface area contributed by atoms with E-state index in [1.807, 2.05) is 30.7 Å². The lowest BCUT2D eigenvalue weighted by Gasteiger charge is -2.27. The van der Waals surface area contributed by atoms with E-state index in [4.69, 9.17) is 4.74 Å². The summed E-state index contributed by atoms with van der Waals surface area (Å²) in [7, 11) is 0. The first-order chi connectivity index (χ1) is 14.0. The first kappa shape index (κ1) is 21.2. The standard InChI is InChI=1S/C21H32N6O2/c1-15(2)9-10-22-21(28)8-5-18-16(3)25-27(17(18)4)20-7-6-19(23-24-20)26-11-13-29-14-12-26/h6-7,15H,5,8-14H2,1-4H3,(H,22,28). The third-order valence-electron chi connectivity index (χ3n) is 5.28. The van der Waals surface area contributed by atoms with Gasteiger partial charge in [0, 0.05) is 31.7 Å². The highest BCUT2D eigenvalue weighted by atomic mass is 16.5. The van der Waals surface area contributed by atoms with Gasteiger partial charge in [-0.2, -0.15) is 5.10 Å². The summed E-state index contributed by atoms with van der Waals surface area (Å²) in [5, 5.41) is 16.4. The molecule has 3 heterocycles. The van der Waals surface area contributed by atoms with Crippen LogP contribution < -0.4 is 10.2 Å². The van der Waals surface area contributed by atoms with E-state index in [1.54, 1.807) is 0 Å². The van der Waals surface area contributed by atoms with Crippen LogP contribution in [0.4, 0.5) is 5.82 Å². The number of ether oxygens (including phenoxy) is 1. The Labute approximate surface area is 172 Å². The number of hydrogen-bond donors (Lipinski definition) is 1. The highest BCUT2D eigenvalue weighted by Gasteiger charge is 2.17. The van der Waals surface area contributed by atoms with Gasteiger partial charge in [0.1, 0.15) is 0 Å². The molecule has 0 aliphatic carbocycles. The number of aryl methyl sites for hydroxylation is 1. The van der Waals surface area contributed by atoms with Crippen molar-refractivity contribution in [3.8, 4) is 5.82 Å². The minimum atomic E-state index is 0.0897. The van der Waals surface area contributed by atoms with E-state index in [0.29, 0.717) is 24.6 Å². The molecule has 29 heavy (non-hydrogen) atoms. The van der Waals surface area contributed by atoms with Gasteiger partial charge in [-0.3, -0.25) is 4.79 Å². The van der Waals surface area contributed by atoms with Gasteiger partial charge in [-0.1, -0.05) is 13.8 Å². The third kappa shape index (κ3) is 5.53. The van der Waals surface area contributed by atoms with Crippen molar-refractivity contribution < 1.29 is 9.53 Å². The average Bonchev–Trinajstić information content (AvgIpc) is 3.00. The van der Waals surface area contributed by atoms with E-state index < -0.39 is 0 Å². The maximum Gasteiger partial charge on any atom is 0.220 e. The van der Waals surface area contributed by atoms with Crippen LogP contribution in [0.15, 0.2) is 12.1 Å². The summed E-state index contributed by atoms with van der Waals surface area (Å²) in [6.45, 7) is 12.1. The van der Waals surface area contributed by atoms with Crippen LogP contribution in [-0.2, 0) is 16.0 Å². The molecule has 0 saturated carbocycles. The number of carbonyl (C=O) groups is 1. The van der Waals surface area contributed by atoms with E-state index in [0.717, 1.165) is 62.0 Å². The zero-order valence-electron chi connectivity index (χ0n) is 17.9. The normalized spacial score (nSPS) is 14.4. The maximum atomic E-state index is 12.1. The summed E-state index contributed by atoms with van der Waals surface area (Å²) in [6.07, 6.45) is 2.14. The Morgan fingerprint density at radius 1 is 1.17 bits per heavy atom. The van der Waals surface area contributed by atoms with E-state index in [2.05, 4.69) is 39.4 Å². The van der Waals surface area contributed by atoms with Gasteiger partial charge in [-0.05, 0) is 50.3 Å². The fourth-order valence-electron chi connectivity index (χ4n) is 3.48. The van der Waals surface area contributed by atoms with Gasteiger partial charge in [-0.15, -0.1) is 10.2 Å². The molecular formula is C21H32N6O2. The maximum absolute atomic E-state index is 12.1. The molecule has 8 heteroatoms. The van der Waals surface area contributed by atoms with E-state index in [-0.39, 0.29) is 5.91 Å². The van der Waals surface area contributed by atoms with Crippen LogP contribution in [-0.4, -0.2) is 58.7 Å². The first-order valence-corrected chi connectivity index (χ1v) is 10.4. The Kier molecular flexibility index (Phi) is 7.19. The Morgan fingerprint density at radius 2 is 1.86 bits per heavy atom. The van der Waals surface area contributed by atoms with E-state index in [9.17, 15) is 4.79 Å². The molecule has 0 radical (unpaired) electrons. The zero-order chi connectivity index (χ0) is 20.8. The molecule has 1 saturated heterocycles. The van der Waals surface area contributed by atoms with Crippen LogP contribution in [0.5, 0.6) is 0 Å². The number of carbonyl (C=O) groups excluding carboxylic acids is 1. The molecule has 2 aromatic heterocycles. The Bertz CT molecular complexity index is 809. The predicted molar refractivity (Wildman–Crippen MR) is 112 cm³/mol. The number of hydrogen-bond acceptors (Lipinski definition) is 6. The van der Waals surface area contributed by atoms with Gasteiger partial charge in [0.15, 0.2) is 11.6 Å². The molecular weight excluding hydrogens is 368 g/mol. The molecule has 0 spiro atoms. The molecule has 2 aromatic rings. The highest BCUT2D eigenvalue weighted by Crippen LogP contribution is 2.19. The van der Waals surface area contributed by atoms with Crippen molar-refractivity contribution in [1.29, 1.82) is 0 Å². The summed E-state index contributed by atoms with van der Waals surface area (Å²) >= 11 is 0. The molecule has 8 nitrogen and oxygen atoms in total. The monoisotopic (exact) mass is 400 g/mol. The van der Waals surface area contributed by atoms with Gasteiger partial charge in [0.2, 0.25) is 5.91 Å². The summed E-state index contributed by atoms with van der Waals surface area (Å²) in [5.74, 6) is 2.23. The zero-order valence-corrected chi connectivity index (χ0v) is 17.9. The SMILES string of the molecule is Cc1nn(-c2ccc(N3CCOCC3)nn2)c(C)c1CCC(=O)NCCC(C)C. The van der Waals surface area contributed by atoms with Crippen molar-refractivity contribution in [2.24, 2.45) is 5.92 Å². The number of nitrogens with one attached hydrogen (secondary N) is 1. The molecule has 0 unspecified atom stereocenters. The number of rotatable bonds is 8. The fourth-order valence-corrected chi connectivity index (χ4v) is 3.48. The van der Waals surface area contributed by atoms with Crippen molar-refractivity contribution in [2.75, 3.05) is 37.7 Å². The number of nitrogens with zero attached hydrogens (tertiary/aromatic N) is 5. The van der Waals surface area contributed by atoms with E-state index in [1.165, 1.54) is 0 Å². The molecule has 1 aliphatic rings. The summed E-state index contributed by atoms with van der Waals surface area (Å²) in [6, 6.07) is 3.92. The van der Waals surface area contributed by atoms with Gasteiger partial charge in [0.25, 0.3) is 0 Å². The molecule has 1 N–H and O–H groups in total. The van der Waals surface area contributed by atoms with Gasteiger partial charge in [-0.25, -0.2) is 4.68 Å². The predicted octanol–water partition coefficient (Wildman–Crippen LogP) is 2.21. The second-order valence-corrected chi connectivity index (χ2v) is 7.94. The minimum absolute atomic E-state index is 0.0897. The van der Waals surface area contributed by atoms with Crippen molar-refractivity contribution >= 4 is 11.7 Å². The van der Waals surface area contributed by atoms with Gasteiger partial charge >= 0.3 is 0 Å². The highest BCUT2D eigenvalue weighted by molar-refractivity contribution is 5.76. The third-order valence-corrected chi connectivity index (χ3v) is 5.28. The van der Waals surface area contributed by atoms with Gasteiger partial charge in [0.05, 0.1) is 18.9 Å². The molecule has 1 aliphatic heterocycles. The smallest absolute Gasteiger partial charge is 0.220 e. The summed E-state index contributed by atoms with van der Waals surface area (Å²) in [4.78, 5) is 14.3. The number of aromatic nitrogens is 4. The van der Waals surface area contributed by atoms with Crippen LogP contribution in [0.3, 0.4) is 0 Å². The molecule has 1 amide bonds. The van der Waals surface area contributed by atoms with Crippen LogP contribution in [0.1, 0.15) is 43.6 Å². The van der Waals surface area contributed by atoms with E-state index >= 15 is 0 Å². The van der Waals surface area contributed by atoms with Crippen LogP contribution in [0.2, 0.25) is 0 Å². The van der Waals surface area contributed by atoms with Crippen molar-refractivity contribution in [2.45, 2.75) is 47.0 Å². The fraction of sp³-hybridized carbons (Fsp3) is 0.619. The lowest BCUT2D eigenvalue weighted by Crippen LogP contribution is -2.36. The largest absolute Gasteiger partial charge is 0.378 e. The summed E-state index contributed by atoms with van der Waals surface area (Å²) in [5.41, 5.74) is 3.03. The molecule has 0 atom stereocenters. The quantitative estimate of drug-likeness (QED) is 0.731. The molecule has 3 rings (SSSR count).